The van der Waals surface area contributed by atoms with Gasteiger partial charge in [0.15, 0.2) is 0 Å². The van der Waals surface area contributed by atoms with Crippen LogP contribution in [0.5, 0.6) is 0 Å². The van der Waals surface area contributed by atoms with E-state index >= 15 is 0 Å². The van der Waals surface area contributed by atoms with E-state index < -0.39 is 0 Å². The molecule has 0 fully saturated rings. The highest BCUT2D eigenvalue weighted by Crippen LogP contribution is 2.00. The van der Waals surface area contributed by atoms with Gasteiger partial charge < -0.3 is 4.74 Å². The van der Waals surface area contributed by atoms with Gasteiger partial charge in [0.05, 0.1) is 6.10 Å². The van der Waals surface area contributed by atoms with Gasteiger partial charge in [-0.1, -0.05) is 13.0 Å². The molecule has 0 aromatic rings. The SMILES string of the molecule is CC/C=C(\C)C(=O)OC(C)C. The number of hydrogen-bond donors (Lipinski definition) is 0. The quantitative estimate of drug-likeness (QED) is 0.463. The van der Waals surface area contributed by atoms with E-state index in [1.807, 2.05) is 26.8 Å². The molecule has 0 radical (unpaired) electrons. The molecular weight excluding hydrogens is 140 g/mol. The molecule has 0 heterocycles. The summed E-state index contributed by atoms with van der Waals surface area (Å²) in [6, 6.07) is 0. The van der Waals surface area contributed by atoms with E-state index in [1.54, 1.807) is 6.92 Å². The van der Waals surface area contributed by atoms with Crippen molar-refractivity contribution in [3.8, 4) is 0 Å². The Bertz CT molecular complexity index is 157. The fourth-order valence-electron chi connectivity index (χ4n) is 0.697. The fourth-order valence-corrected chi connectivity index (χ4v) is 0.697. The molecule has 64 valence electrons. The summed E-state index contributed by atoms with van der Waals surface area (Å²) in [5.74, 6) is -0.207. The summed E-state index contributed by atoms with van der Waals surface area (Å²) in [5, 5.41) is 0. The molecule has 0 bridgehead atoms. The van der Waals surface area contributed by atoms with Crippen molar-refractivity contribution < 1.29 is 9.53 Å². The van der Waals surface area contributed by atoms with Gasteiger partial charge >= 0.3 is 5.97 Å². The van der Waals surface area contributed by atoms with Crippen LogP contribution in [0.25, 0.3) is 0 Å². The molecule has 0 aliphatic heterocycles. The molecule has 0 aromatic carbocycles. The van der Waals surface area contributed by atoms with Gasteiger partial charge in [0.1, 0.15) is 0 Å². The number of carbonyl (C=O) groups is 1. The van der Waals surface area contributed by atoms with Gasteiger partial charge in [0, 0.05) is 5.57 Å². The summed E-state index contributed by atoms with van der Waals surface area (Å²) in [6.45, 7) is 7.45. The van der Waals surface area contributed by atoms with Crippen LogP contribution in [0.2, 0.25) is 0 Å². The molecule has 0 aliphatic carbocycles. The molecule has 2 nitrogen and oxygen atoms in total. The third kappa shape index (κ3) is 4.59. The molecule has 0 aliphatic rings. The van der Waals surface area contributed by atoms with Crippen molar-refractivity contribution in [2.45, 2.75) is 40.2 Å². The average molecular weight is 156 g/mol. The van der Waals surface area contributed by atoms with Gasteiger partial charge in [-0.25, -0.2) is 4.79 Å². The van der Waals surface area contributed by atoms with Crippen molar-refractivity contribution >= 4 is 5.97 Å². The van der Waals surface area contributed by atoms with Crippen molar-refractivity contribution in [1.82, 2.24) is 0 Å². The second-order valence-corrected chi connectivity index (χ2v) is 2.75. The van der Waals surface area contributed by atoms with E-state index in [0.29, 0.717) is 5.57 Å². The summed E-state index contributed by atoms with van der Waals surface area (Å²) in [4.78, 5) is 11.1. The van der Waals surface area contributed by atoms with Gasteiger partial charge in [-0.05, 0) is 27.2 Å². The topological polar surface area (TPSA) is 26.3 Å². The lowest BCUT2D eigenvalue weighted by Crippen LogP contribution is -2.11. The van der Waals surface area contributed by atoms with E-state index in [2.05, 4.69) is 0 Å². The first-order chi connectivity index (χ1) is 5.07. The van der Waals surface area contributed by atoms with Gasteiger partial charge in [0.25, 0.3) is 0 Å². The zero-order valence-corrected chi connectivity index (χ0v) is 7.68. The maximum absolute atomic E-state index is 11.1. The van der Waals surface area contributed by atoms with Crippen LogP contribution in [-0.2, 0) is 9.53 Å². The van der Waals surface area contributed by atoms with E-state index in [4.69, 9.17) is 4.74 Å². The standard InChI is InChI=1S/C9H16O2/c1-5-6-8(4)9(10)11-7(2)3/h6-7H,5H2,1-4H3/b8-6+. The fraction of sp³-hybridized carbons (Fsp3) is 0.667. The predicted molar refractivity (Wildman–Crippen MR) is 45.3 cm³/mol. The van der Waals surface area contributed by atoms with Crippen molar-refractivity contribution in [3.63, 3.8) is 0 Å². The molecule has 2 heteroatoms. The first-order valence-electron chi connectivity index (χ1n) is 3.95. The minimum absolute atomic E-state index is 0.0253. The molecule has 0 amide bonds. The van der Waals surface area contributed by atoms with Gasteiger partial charge in [0.2, 0.25) is 0 Å². The molecule has 0 atom stereocenters. The molecule has 11 heavy (non-hydrogen) atoms. The number of allylic oxidation sites excluding steroid dienone is 1. The minimum atomic E-state index is -0.207. The lowest BCUT2D eigenvalue weighted by molar-refractivity contribution is -0.142. The van der Waals surface area contributed by atoms with Crippen LogP contribution in [0.1, 0.15) is 34.1 Å². The number of ether oxygens (including phenoxy) is 1. The van der Waals surface area contributed by atoms with E-state index in [1.165, 1.54) is 0 Å². The zero-order valence-electron chi connectivity index (χ0n) is 7.68. The second kappa shape index (κ2) is 4.94. The Morgan fingerprint density at radius 3 is 2.45 bits per heavy atom. The summed E-state index contributed by atoms with van der Waals surface area (Å²) in [7, 11) is 0. The number of carbonyl (C=O) groups excluding carboxylic acids is 1. The first-order valence-corrected chi connectivity index (χ1v) is 3.95. The highest BCUT2D eigenvalue weighted by molar-refractivity contribution is 5.87. The van der Waals surface area contributed by atoms with E-state index in [-0.39, 0.29) is 12.1 Å². The number of hydrogen-bond acceptors (Lipinski definition) is 2. The van der Waals surface area contributed by atoms with Crippen LogP contribution in [-0.4, -0.2) is 12.1 Å². The van der Waals surface area contributed by atoms with Gasteiger partial charge in [-0.2, -0.15) is 0 Å². The molecule has 0 aromatic heterocycles. The summed E-state index contributed by atoms with van der Waals surface area (Å²) < 4.78 is 4.96. The van der Waals surface area contributed by atoms with Crippen LogP contribution < -0.4 is 0 Å². The Morgan fingerprint density at radius 2 is 2.09 bits per heavy atom. The Kier molecular flexibility index (Phi) is 4.59. The molecular formula is C9H16O2. The summed E-state index contributed by atoms with van der Waals surface area (Å²) >= 11 is 0. The molecule has 0 spiro atoms. The van der Waals surface area contributed by atoms with Crippen molar-refractivity contribution in [3.05, 3.63) is 11.6 Å². The lowest BCUT2D eigenvalue weighted by atomic mass is 10.2. The van der Waals surface area contributed by atoms with Crippen molar-refractivity contribution in [2.75, 3.05) is 0 Å². The molecule has 0 unspecified atom stereocenters. The van der Waals surface area contributed by atoms with Crippen LogP contribution >= 0.6 is 0 Å². The third-order valence-electron chi connectivity index (χ3n) is 1.18. The highest BCUT2D eigenvalue weighted by Gasteiger charge is 2.05. The normalized spacial score (nSPS) is 11.9. The summed E-state index contributed by atoms with van der Waals surface area (Å²) in [5.41, 5.74) is 0.696. The minimum Gasteiger partial charge on any atom is -0.460 e. The van der Waals surface area contributed by atoms with E-state index in [9.17, 15) is 4.79 Å². The smallest absolute Gasteiger partial charge is 0.333 e. The van der Waals surface area contributed by atoms with E-state index in [0.717, 1.165) is 6.42 Å². The van der Waals surface area contributed by atoms with Crippen molar-refractivity contribution in [2.24, 2.45) is 0 Å². The van der Waals surface area contributed by atoms with Crippen LogP contribution in [0, 0.1) is 0 Å². The Hall–Kier alpha value is -0.790. The van der Waals surface area contributed by atoms with Crippen LogP contribution in [0.15, 0.2) is 11.6 Å². The van der Waals surface area contributed by atoms with Crippen molar-refractivity contribution in [1.29, 1.82) is 0 Å². The Morgan fingerprint density at radius 1 is 1.55 bits per heavy atom. The second-order valence-electron chi connectivity index (χ2n) is 2.75. The predicted octanol–water partition coefficient (Wildman–Crippen LogP) is 2.29. The summed E-state index contributed by atoms with van der Waals surface area (Å²) in [6.07, 6.45) is 2.71. The van der Waals surface area contributed by atoms with Crippen LogP contribution in [0.3, 0.4) is 0 Å². The monoisotopic (exact) mass is 156 g/mol. The highest BCUT2D eigenvalue weighted by atomic mass is 16.5. The Balaban J connectivity index is 3.93. The maximum atomic E-state index is 11.1. The largest absolute Gasteiger partial charge is 0.460 e. The number of rotatable bonds is 3. The van der Waals surface area contributed by atoms with Gasteiger partial charge in [-0.3, -0.25) is 0 Å². The Labute approximate surface area is 68.2 Å². The number of esters is 1. The maximum Gasteiger partial charge on any atom is 0.333 e. The average Bonchev–Trinajstić information content (AvgIpc) is 1.86. The zero-order chi connectivity index (χ0) is 8.85. The van der Waals surface area contributed by atoms with Crippen LogP contribution in [0.4, 0.5) is 0 Å². The molecule has 0 rings (SSSR count). The lowest BCUT2D eigenvalue weighted by Gasteiger charge is -2.07. The van der Waals surface area contributed by atoms with Gasteiger partial charge in [-0.15, -0.1) is 0 Å². The molecule has 0 saturated carbocycles. The molecule has 0 N–H and O–H groups in total. The third-order valence-corrected chi connectivity index (χ3v) is 1.18. The molecule has 0 saturated heterocycles. The first kappa shape index (κ1) is 10.2.